The van der Waals surface area contributed by atoms with Crippen molar-refractivity contribution in [3.05, 3.63) is 0 Å². The van der Waals surface area contributed by atoms with E-state index in [4.69, 9.17) is 5.11 Å². The van der Waals surface area contributed by atoms with E-state index in [2.05, 4.69) is 9.64 Å². The van der Waals surface area contributed by atoms with Crippen molar-refractivity contribution in [1.29, 1.82) is 0 Å². The fraction of sp³-hybridized carbons (Fsp3) is 0.889. The van der Waals surface area contributed by atoms with E-state index in [0.29, 0.717) is 0 Å². The number of hydrogen-bond donors (Lipinski definition) is 1. The lowest BCUT2D eigenvalue weighted by molar-refractivity contribution is -0.144. The second-order valence-electron chi connectivity index (χ2n) is 3.39. The summed E-state index contributed by atoms with van der Waals surface area (Å²) >= 11 is 0. The minimum absolute atomic E-state index is 0.0451. The van der Waals surface area contributed by atoms with E-state index in [-0.39, 0.29) is 18.5 Å². The van der Waals surface area contributed by atoms with Crippen LogP contribution in [0.1, 0.15) is 12.8 Å². The smallest absolute Gasteiger partial charge is 0.310 e. The van der Waals surface area contributed by atoms with Crippen molar-refractivity contribution in [3.8, 4) is 0 Å². The van der Waals surface area contributed by atoms with E-state index in [1.165, 1.54) is 7.11 Å². The molecule has 76 valence electrons. The van der Waals surface area contributed by atoms with Gasteiger partial charge in [0.15, 0.2) is 0 Å². The normalized spacial score (nSPS) is 23.4. The molecule has 0 aliphatic carbocycles. The number of methoxy groups -OCH3 is 1. The zero-order valence-corrected chi connectivity index (χ0v) is 8.03. The molecule has 1 saturated heterocycles. The van der Waals surface area contributed by atoms with Crippen LogP contribution < -0.4 is 0 Å². The van der Waals surface area contributed by atoms with Crippen LogP contribution in [0.5, 0.6) is 0 Å². The molecule has 0 aromatic rings. The molecule has 4 heteroatoms. The predicted molar refractivity (Wildman–Crippen MR) is 48.3 cm³/mol. The van der Waals surface area contributed by atoms with Crippen LogP contribution in [-0.2, 0) is 9.53 Å². The van der Waals surface area contributed by atoms with E-state index in [0.717, 1.165) is 32.5 Å². The summed E-state index contributed by atoms with van der Waals surface area (Å²) in [4.78, 5) is 13.3. The maximum Gasteiger partial charge on any atom is 0.310 e. The number of hydrogen-bond acceptors (Lipinski definition) is 4. The van der Waals surface area contributed by atoms with Gasteiger partial charge in [-0.1, -0.05) is 0 Å². The number of esters is 1. The number of nitrogens with zero attached hydrogens (tertiary/aromatic N) is 1. The van der Waals surface area contributed by atoms with Crippen molar-refractivity contribution in [3.63, 3.8) is 0 Å². The van der Waals surface area contributed by atoms with Crippen molar-refractivity contribution >= 4 is 5.97 Å². The molecular formula is C9H17NO3. The first kappa shape index (κ1) is 10.5. The molecule has 1 aliphatic heterocycles. The zero-order chi connectivity index (χ0) is 9.68. The summed E-state index contributed by atoms with van der Waals surface area (Å²) in [6.45, 7) is 2.83. The molecule has 0 amide bonds. The zero-order valence-electron chi connectivity index (χ0n) is 8.03. The van der Waals surface area contributed by atoms with Crippen LogP contribution in [0.3, 0.4) is 0 Å². The topological polar surface area (TPSA) is 49.8 Å². The van der Waals surface area contributed by atoms with Crippen LogP contribution in [0.4, 0.5) is 0 Å². The van der Waals surface area contributed by atoms with Gasteiger partial charge in [-0.25, -0.2) is 0 Å². The highest BCUT2D eigenvalue weighted by Crippen LogP contribution is 2.17. The molecule has 1 unspecified atom stereocenters. The minimum atomic E-state index is -0.105. The Kier molecular flexibility index (Phi) is 4.18. The van der Waals surface area contributed by atoms with Gasteiger partial charge in [0.25, 0.3) is 0 Å². The maximum absolute atomic E-state index is 11.1. The van der Waals surface area contributed by atoms with E-state index in [9.17, 15) is 4.79 Å². The molecule has 0 radical (unpaired) electrons. The van der Waals surface area contributed by atoms with Gasteiger partial charge >= 0.3 is 5.97 Å². The average Bonchev–Trinajstić information content (AvgIpc) is 2.62. The third-order valence-corrected chi connectivity index (χ3v) is 2.44. The molecule has 0 saturated carbocycles. The standard InChI is InChI=1S/C9H17NO3/c1-13-9(12)8-3-5-10(7-8)4-2-6-11/h8,11H,2-7H2,1H3. The highest BCUT2D eigenvalue weighted by Gasteiger charge is 2.28. The SMILES string of the molecule is COC(=O)C1CCN(CCCO)C1. The summed E-state index contributed by atoms with van der Waals surface area (Å²) in [6, 6.07) is 0. The quantitative estimate of drug-likeness (QED) is 0.623. The minimum Gasteiger partial charge on any atom is -0.469 e. The Morgan fingerprint density at radius 1 is 1.69 bits per heavy atom. The molecule has 1 atom stereocenters. The molecule has 1 heterocycles. The largest absolute Gasteiger partial charge is 0.469 e. The number of carbonyl (C=O) groups is 1. The summed E-state index contributed by atoms with van der Waals surface area (Å²) in [5.74, 6) is -0.0600. The van der Waals surface area contributed by atoms with Crippen molar-refractivity contribution in [2.45, 2.75) is 12.8 Å². The Morgan fingerprint density at radius 2 is 2.46 bits per heavy atom. The number of rotatable bonds is 4. The van der Waals surface area contributed by atoms with Crippen molar-refractivity contribution in [2.75, 3.05) is 33.4 Å². The number of aliphatic hydroxyl groups is 1. The third kappa shape index (κ3) is 2.97. The van der Waals surface area contributed by atoms with Crippen LogP contribution in [0.25, 0.3) is 0 Å². The highest BCUT2D eigenvalue weighted by atomic mass is 16.5. The van der Waals surface area contributed by atoms with Crippen molar-refractivity contribution < 1.29 is 14.6 Å². The van der Waals surface area contributed by atoms with E-state index in [1.807, 2.05) is 0 Å². The Bertz CT molecular complexity index is 172. The van der Waals surface area contributed by atoms with Gasteiger partial charge in [0.1, 0.15) is 0 Å². The summed E-state index contributed by atoms with van der Waals surface area (Å²) in [5, 5.41) is 8.63. The first-order valence-electron chi connectivity index (χ1n) is 4.69. The van der Waals surface area contributed by atoms with E-state index >= 15 is 0 Å². The van der Waals surface area contributed by atoms with Gasteiger partial charge in [0, 0.05) is 19.7 Å². The average molecular weight is 187 g/mol. The molecule has 1 N–H and O–H groups in total. The van der Waals surface area contributed by atoms with Crippen LogP contribution in [0.15, 0.2) is 0 Å². The van der Waals surface area contributed by atoms with Crippen molar-refractivity contribution in [1.82, 2.24) is 4.90 Å². The number of likely N-dealkylation sites (tertiary alicyclic amines) is 1. The Hall–Kier alpha value is -0.610. The lowest BCUT2D eigenvalue weighted by Crippen LogP contribution is -2.25. The van der Waals surface area contributed by atoms with Gasteiger partial charge in [-0.15, -0.1) is 0 Å². The molecule has 1 fully saturated rings. The summed E-state index contributed by atoms with van der Waals surface area (Å²) in [5.41, 5.74) is 0. The molecule has 0 bridgehead atoms. The van der Waals surface area contributed by atoms with Gasteiger partial charge in [-0.2, -0.15) is 0 Å². The molecule has 1 rings (SSSR count). The predicted octanol–water partition coefficient (Wildman–Crippen LogP) is -0.136. The second-order valence-corrected chi connectivity index (χ2v) is 3.39. The molecule has 13 heavy (non-hydrogen) atoms. The Balaban J connectivity index is 2.23. The highest BCUT2D eigenvalue weighted by molar-refractivity contribution is 5.72. The molecular weight excluding hydrogens is 170 g/mol. The van der Waals surface area contributed by atoms with Crippen LogP contribution >= 0.6 is 0 Å². The van der Waals surface area contributed by atoms with Gasteiger partial charge in [0.2, 0.25) is 0 Å². The third-order valence-electron chi connectivity index (χ3n) is 2.44. The molecule has 0 aromatic heterocycles. The number of carbonyl (C=O) groups excluding carboxylic acids is 1. The number of ether oxygens (including phenoxy) is 1. The maximum atomic E-state index is 11.1. The lowest BCUT2D eigenvalue weighted by atomic mass is 10.1. The van der Waals surface area contributed by atoms with Crippen LogP contribution in [-0.4, -0.2) is 49.3 Å². The van der Waals surface area contributed by atoms with Crippen LogP contribution in [0, 0.1) is 5.92 Å². The monoisotopic (exact) mass is 187 g/mol. The molecule has 0 aromatic carbocycles. The van der Waals surface area contributed by atoms with Gasteiger partial charge in [-0.05, 0) is 19.4 Å². The molecule has 0 spiro atoms. The fourth-order valence-corrected chi connectivity index (χ4v) is 1.69. The first-order valence-corrected chi connectivity index (χ1v) is 4.69. The summed E-state index contributed by atoms with van der Waals surface area (Å²) < 4.78 is 4.67. The van der Waals surface area contributed by atoms with E-state index < -0.39 is 0 Å². The lowest BCUT2D eigenvalue weighted by Gasteiger charge is -2.13. The fourth-order valence-electron chi connectivity index (χ4n) is 1.69. The first-order chi connectivity index (χ1) is 6.27. The molecule has 4 nitrogen and oxygen atoms in total. The van der Waals surface area contributed by atoms with Gasteiger partial charge in [-0.3, -0.25) is 4.79 Å². The second kappa shape index (κ2) is 5.19. The van der Waals surface area contributed by atoms with Gasteiger partial charge < -0.3 is 14.7 Å². The number of aliphatic hydroxyl groups excluding tert-OH is 1. The summed E-state index contributed by atoms with van der Waals surface area (Å²) in [6.07, 6.45) is 1.67. The Labute approximate surface area is 78.5 Å². The van der Waals surface area contributed by atoms with Crippen molar-refractivity contribution in [2.24, 2.45) is 5.92 Å². The van der Waals surface area contributed by atoms with Crippen LogP contribution in [0.2, 0.25) is 0 Å². The summed E-state index contributed by atoms with van der Waals surface area (Å²) in [7, 11) is 1.43. The van der Waals surface area contributed by atoms with E-state index in [1.54, 1.807) is 0 Å². The Morgan fingerprint density at radius 3 is 3.08 bits per heavy atom. The molecule has 1 aliphatic rings. The van der Waals surface area contributed by atoms with Gasteiger partial charge in [0.05, 0.1) is 13.0 Å².